The minimum atomic E-state index is -3.59. The molecule has 31 heavy (non-hydrogen) atoms. The number of anilines is 1. The predicted octanol–water partition coefficient (Wildman–Crippen LogP) is 2.11. The standard InChI is InChI=1S/C21H26N6O3S/c1-15-16(2)19(7-6-18(15)30-4)31(28,29)26-12-10-25(11-13-26)20-14-21(24-17(3)23-20)27-9-5-8-22-27/h5-9,14H,10-13H2,1-4H3. The van der Waals surface area contributed by atoms with Gasteiger partial charge in [0, 0.05) is 44.6 Å². The van der Waals surface area contributed by atoms with Crippen LogP contribution in [-0.2, 0) is 10.0 Å². The number of methoxy groups -OCH3 is 1. The number of benzene rings is 1. The molecule has 0 radical (unpaired) electrons. The Bertz CT molecular complexity index is 1190. The Labute approximate surface area is 182 Å². The van der Waals surface area contributed by atoms with Gasteiger partial charge in [0.05, 0.1) is 12.0 Å². The third kappa shape index (κ3) is 4.00. The first-order valence-electron chi connectivity index (χ1n) is 10.1. The van der Waals surface area contributed by atoms with Crippen LogP contribution in [0.4, 0.5) is 5.82 Å². The lowest BCUT2D eigenvalue weighted by Gasteiger charge is -2.35. The summed E-state index contributed by atoms with van der Waals surface area (Å²) < 4.78 is 35.1. The van der Waals surface area contributed by atoms with Crippen LogP contribution in [-0.4, -0.2) is 65.8 Å². The first-order valence-corrected chi connectivity index (χ1v) is 11.5. The number of hydrogen-bond acceptors (Lipinski definition) is 7. The van der Waals surface area contributed by atoms with Gasteiger partial charge in [0.25, 0.3) is 0 Å². The number of hydrogen-bond donors (Lipinski definition) is 0. The topological polar surface area (TPSA) is 93.5 Å². The molecule has 164 valence electrons. The smallest absolute Gasteiger partial charge is 0.243 e. The van der Waals surface area contributed by atoms with Crippen molar-refractivity contribution >= 4 is 15.8 Å². The van der Waals surface area contributed by atoms with Crippen molar-refractivity contribution in [2.24, 2.45) is 0 Å². The maximum Gasteiger partial charge on any atom is 0.243 e. The van der Waals surface area contributed by atoms with E-state index >= 15 is 0 Å². The number of nitrogens with zero attached hydrogens (tertiary/aromatic N) is 6. The summed E-state index contributed by atoms with van der Waals surface area (Å²) in [5, 5.41) is 4.23. The van der Waals surface area contributed by atoms with Gasteiger partial charge < -0.3 is 9.64 Å². The molecule has 0 atom stereocenters. The van der Waals surface area contributed by atoms with Gasteiger partial charge in [0.2, 0.25) is 10.0 Å². The molecule has 10 heteroatoms. The van der Waals surface area contributed by atoms with Crippen molar-refractivity contribution in [3.05, 3.63) is 53.6 Å². The van der Waals surface area contributed by atoms with Crippen LogP contribution in [0, 0.1) is 20.8 Å². The minimum Gasteiger partial charge on any atom is -0.496 e. The van der Waals surface area contributed by atoms with Gasteiger partial charge in [0.15, 0.2) is 5.82 Å². The van der Waals surface area contributed by atoms with Crippen molar-refractivity contribution in [2.75, 3.05) is 38.2 Å². The van der Waals surface area contributed by atoms with Crippen molar-refractivity contribution in [2.45, 2.75) is 25.7 Å². The van der Waals surface area contributed by atoms with Gasteiger partial charge >= 0.3 is 0 Å². The molecule has 2 aromatic heterocycles. The van der Waals surface area contributed by atoms with Crippen LogP contribution in [0.1, 0.15) is 17.0 Å². The normalized spacial score (nSPS) is 15.3. The van der Waals surface area contributed by atoms with Crippen LogP contribution in [0.2, 0.25) is 0 Å². The highest BCUT2D eigenvalue weighted by Crippen LogP contribution is 2.29. The third-order valence-corrected chi connectivity index (χ3v) is 7.68. The number of aryl methyl sites for hydroxylation is 1. The number of rotatable bonds is 5. The first kappa shape index (κ1) is 21.3. The molecule has 1 fully saturated rings. The highest BCUT2D eigenvalue weighted by molar-refractivity contribution is 7.89. The highest BCUT2D eigenvalue weighted by Gasteiger charge is 2.31. The molecule has 0 saturated carbocycles. The van der Waals surface area contributed by atoms with E-state index in [4.69, 9.17) is 4.74 Å². The van der Waals surface area contributed by atoms with E-state index in [1.165, 1.54) is 0 Å². The molecular formula is C21H26N6O3S. The quantitative estimate of drug-likeness (QED) is 0.597. The maximum absolute atomic E-state index is 13.3. The van der Waals surface area contributed by atoms with Gasteiger partial charge in [0.1, 0.15) is 17.4 Å². The molecule has 1 aliphatic rings. The number of sulfonamides is 1. The molecule has 0 unspecified atom stereocenters. The summed E-state index contributed by atoms with van der Waals surface area (Å²) in [5.74, 6) is 2.79. The fraction of sp³-hybridized carbons (Fsp3) is 0.381. The zero-order valence-electron chi connectivity index (χ0n) is 18.1. The van der Waals surface area contributed by atoms with Crippen molar-refractivity contribution in [3.8, 4) is 11.6 Å². The van der Waals surface area contributed by atoms with Crippen LogP contribution < -0.4 is 9.64 Å². The average Bonchev–Trinajstić information content (AvgIpc) is 3.30. The molecule has 4 rings (SSSR count). The Hall–Kier alpha value is -2.98. The van der Waals surface area contributed by atoms with E-state index in [2.05, 4.69) is 20.0 Å². The monoisotopic (exact) mass is 442 g/mol. The van der Waals surface area contributed by atoms with Crippen LogP contribution in [0.3, 0.4) is 0 Å². The summed E-state index contributed by atoms with van der Waals surface area (Å²) in [4.78, 5) is 11.4. The summed E-state index contributed by atoms with van der Waals surface area (Å²) in [5.41, 5.74) is 1.56. The van der Waals surface area contributed by atoms with E-state index in [-0.39, 0.29) is 0 Å². The van der Waals surface area contributed by atoms with Gasteiger partial charge in [-0.2, -0.15) is 9.40 Å². The van der Waals surface area contributed by atoms with E-state index in [1.807, 2.05) is 39.1 Å². The fourth-order valence-electron chi connectivity index (χ4n) is 3.79. The molecule has 9 nitrogen and oxygen atoms in total. The highest BCUT2D eigenvalue weighted by atomic mass is 32.2. The number of ether oxygens (including phenoxy) is 1. The summed E-state index contributed by atoms with van der Waals surface area (Å²) in [6.07, 6.45) is 3.53. The molecule has 0 bridgehead atoms. The van der Waals surface area contributed by atoms with Crippen molar-refractivity contribution in [1.82, 2.24) is 24.1 Å². The Morgan fingerprint density at radius 2 is 1.68 bits per heavy atom. The molecule has 1 aromatic carbocycles. The largest absolute Gasteiger partial charge is 0.496 e. The second-order valence-corrected chi connectivity index (χ2v) is 9.40. The Kier molecular flexibility index (Phi) is 5.67. The van der Waals surface area contributed by atoms with Gasteiger partial charge in [-0.1, -0.05) is 0 Å². The minimum absolute atomic E-state index is 0.332. The molecule has 1 aliphatic heterocycles. The van der Waals surface area contributed by atoms with Crippen LogP contribution >= 0.6 is 0 Å². The van der Waals surface area contributed by atoms with Crippen LogP contribution in [0.5, 0.6) is 5.75 Å². The zero-order chi connectivity index (χ0) is 22.2. The third-order valence-electron chi connectivity index (χ3n) is 5.64. The van der Waals surface area contributed by atoms with Crippen molar-refractivity contribution in [3.63, 3.8) is 0 Å². The van der Waals surface area contributed by atoms with Gasteiger partial charge in [-0.05, 0) is 50.1 Å². The molecule has 0 spiro atoms. The van der Waals surface area contributed by atoms with Crippen LogP contribution in [0.25, 0.3) is 5.82 Å². The Balaban J connectivity index is 1.53. The van der Waals surface area contributed by atoms with Crippen LogP contribution in [0.15, 0.2) is 41.6 Å². The lowest BCUT2D eigenvalue weighted by molar-refractivity contribution is 0.383. The SMILES string of the molecule is COc1ccc(S(=O)(=O)N2CCN(c3cc(-n4cccn4)nc(C)n3)CC2)c(C)c1C. The number of piperazine rings is 1. The zero-order valence-corrected chi connectivity index (χ0v) is 18.9. The fourth-order valence-corrected chi connectivity index (χ4v) is 5.49. The van der Waals surface area contributed by atoms with E-state index in [0.29, 0.717) is 48.5 Å². The molecule has 3 heterocycles. The lowest BCUT2D eigenvalue weighted by atomic mass is 10.1. The average molecular weight is 443 g/mol. The second kappa shape index (κ2) is 8.27. The van der Waals surface area contributed by atoms with E-state index < -0.39 is 10.0 Å². The van der Waals surface area contributed by atoms with Gasteiger partial charge in [-0.15, -0.1) is 0 Å². The molecule has 0 amide bonds. The van der Waals surface area contributed by atoms with Gasteiger partial charge in [-0.25, -0.2) is 23.1 Å². The Morgan fingerprint density at radius 3 is 2.32 bits per heavy atom. The van der Waals surface area contributed by atoms with Crippen molar-refractivity contribution < 1.29 is 13.2 Å². The van der Waals surface area contributed by atoms with E-state index in [9.17, 15) is 8.42 Å². The first-order chi connectivity index (χ1) is 14.8. The lowest BCUT2D eigenvalue weighted by Crippen LogP contribution is -2.49. The van der Waals surface area contributed by atoms with Gasteiger partial charge in [-0.3, -0.25) is 0 Å². The summed E-state index contributed by atoms with van der Waals surface area (Å²) >= 11 is 0. The molecule has 0 N–H and O–H groups in total. The van der Waals surface area contributed by atoms with E-state index in [1.54, 1.807) is 34.4 Å². The molecule has 3 aromatic rings. The summed E-state index contributed by atoms with van der Waals surface area (Å²) in [7, 11) is -2.01. The van der Waals surface area contributed by atoms with Crippen molar-refractivity contribution in [1.29, 1.82) is 0 Å². The number of aromatic nitrogens is 4. The second-order valence-electron chi connectivity index (χ2n) is 7.49. The predicted molar refractivity (Wildman–Crippen MR) is 117 cm³/mol. The maximum atomic E-state index is 13.3. The molecule has 0 aliphatic carbocycles. The molecule has 1 saturated heterocycles. The summed E-state index contributed by atoms with van der Waals surface area (Å²) in [6, 6.07) is 7.06. The molecular weight excluding hydrogens is 416 g/mol. The Morgan fingerprint density at radius 1 is 0.968 bits per heavy atom. The summed E-state index contributed by atoms with van der Waals surface area (Å²) in [6.45, 7) is 7.39. The van der Waals surface area contributed by atoms with E-state index in [0.717, 1.165) is 16.9 Å².